The number of amides is 1. The molecule has 0 bridgehead atoms. The van der Waals surface area contributed by atoms with Crippen LogP contribution in [-0.4, -0.2) is 26.4 Å². The summed E-state index contributed by atoms with van der Waals surface area (Å²) in [6.07, 6.45) is 0.750. The van der Waals surface area contributed by atoms with Gasteiger partial charge in [-0.2, -0.15) is 0 Å². The number of ether oxygens (including phenoxy) is 1. The number of aryl methyl sites for hydroxylation is 1. The Hall–Kier alpha value is -2.80. The molecule has 7 heteroatoms. The summed E-state index contributed by atoms with van der Waals surface area (Å²) in [6, 6.07) is 17.9. The van der Waals surface area contributed by atoms with Gasteiger partial charge in [0.25, 0.3) is 0 Å². The lowest BCUT2D eigenvalue weighted by Crippen LogP contribution is -2.24. The van der Waals surface area contributed by atoms with Crippen molar-refractivity contribution in [2.45, 2.75) is 38.1 Å². The molecule has 0 saturated heterocycles. The highest BCUT2D eigenvalue weighted by Gasteiger charge is 2.18. The van der Waals surface area contributed by atoms with E-state index in [0.29, 0.717) is 11.7 Å². The van der Waals surface area contributed by atoms with Crippen molar-refractivity contribution in [1.29, 1.82) is 0 Å². The Morgan fingerprint density at radius 3 is 2.52 bits per heavy atom. The van der Waals surface area contributed by atoms with E-state index in [1.807, 2.05) is 61.0 Å². The molecule has 1 heterocycles. The van der Waals surface area contributed by atoms with Crippen LogP contribution in [0.5, 0.6) is 5.75 Å². The molecule has 0 aliphatic carbocycles. The lowest BCUT2D eigenvalue weighted by Gasteiger charge is -2.14. The highest BCUT2D eigenvalue weighted by Crippen LogP contribution is 2.24. The summed E-state index contributed by atoms with van der Waals surface area (Å²) in [5.74, 6) is 1.76. The molecule has 2 aromatic carbocycles. The second-order valence-corrected chi connectivity index (χ2v) is 7.65. The topological polar surface area (TPSA) is 69.0 Å². The number of benzene rings is 2. The van der Waals surface area contributed by atoms with Crippen LogP contribution in [0.4, 0.5) is 0 Å². The van der Waals surface area contributed by atoms with Crippen molar-refractivity contribution in [3.8, 4) is 5.75 Å². The number of nitrogens with one attached hydrogen (secondary N) is 1. The van der Waals surface area contributed by atoms with Gasteiger partial charge in [0.2, 0.25) is 5.91 Å². The molecule has 3 rings (SSSR count). The van der Waals surface area contributed by atoms with Gasteiger partial charge >= 0.3 is 0 Å². The smallest absolute Gasteiger partial charge is 0.230 e. The number of hydrogen-bond acceptors (Lipinski definition) is 5. The first-order valence-electron chi connectivity index (χ1n) is 9.65. The first-order valence-corrected chi connectivity index (χ1v) is 10.6. The quantitative estimate of drug-likeness (QED) is 0.542. The Labute approximate surface area is 175 Å². The van der Waals surface area contributed by atoms with Crippen molar-refractivity contribution >= 4 is 17.7 Å². The highest BCUT2D eigenvalue weighted by atomic mass is 32.2. The fourth-order valence-corrected chi connectivity index (χ4v) is 3.59. The molecule has 1 aromatic heterocycles. The summed E-state index contributed by atoms with van der Waals surface area (Å²) in [5.41, 5.74) is 2.35. The number of aromatic nitrogens is 3. The Morgan fingerprint density at radius 2 is 1.83 bits per heavy atom. The van der Waals surface area contributed by atoms with E-state index >= 15 is 0 Å². The minimum Gasteiger partial charge on any atom is -0.483 e. The van der Waals surface area contributed by atoms with Crippen molar-refractivity contribution < 1.29 is 9.53 Å². The van der Waals surface area contributed by atoms with Crippen LogP contribution >= 0.6 is 11.8 Å². The Balaban J connectivity index is 1.52. The zero-order valence-electron chi connectivity index (χ0n) is 17.0. The molecule has 1 atom stereocenters. The molecule has 1 unspecified atom stereocenters. The van der Waals surface area contributed by atoms with Gasteiger partial charge in [-0.15, -0.1) is 10.2 Å². The van der Waals surface area contributed by atoms with E-state index in [4.69, 9.17) is 4.74 Å². The first kappa shape index (κ1) is 20.9. The van der Waals surface area contributed by atoms with E-state index in [2.05, 4.69) is 34.6 Å². The van der Waals surface area contributed by atoms with Crippen LogP contribution in [0.3, 0.4) is 0 Å². The van der Waals surface area contributed by atoms with Crippen LogP contribution in [0.15, 0.2) is 59.8 Å². The molecule has 1 N–H and O–H groups in total. The molecular weight excluding hydrogens is 384 g/mol. The van der Waals surface area contributed by atoms with Gasteiger partial charge in [0.05, 0.1) is 5.75 Å². The maximum atomic E-state index is 12.1. The summed E-state index contributed by atoms with van der Waals surface area (Å²) in [7, 11) is 1.89. The third-order valence-corrected chi connectivity index (χ3v) is 5.56. The Kier molecular flexibility index (Phi) is 7.30. The molecule has 0 saturated carbocycles. The second kappa shape index (κ2) is 10.1. The minimum atomic E-state index is -0.249. The fraction of sp³-hybridized carbons (Fsp3) is 0.318. The monoisotopic (exact) mass is 410 g/mol. The zero-order valence-corrected chi connectivity index (χ0v) is 17.8. The van der Waals surface area contributed by atoms with Crippen LogP contribution in [0.1, 0.15) is 36.9 Å². The standard InChI is InChI=1S/C22H26N4O2S/c1-4-17-10-12-19(13-11-17)28-16(2)21-24-25-22(26(21)3)29-15-20(27)23-14-18-8-6-5-7-9-18/h5-13,16H,4,14-15H2,1-3H3,(H,23,27). The van der Waals surface area contributed by atoms with Gasteiger partial charge in [0, 0.05) is 13.6 Å². The largest absolute Gasteiger partial charge is 0.483 e. The van der Waals surface area contributed by atoms with E-state index < -0.39 is 0 Å². The highest BCUT2D eigenvalue weighted by molar-refractivity contribution is 7.99. The summed E-state index contributed by atoms with van der Waals surface area (Å²) in [4.78, 5) is 12.1. The van der Waals surface area contributed by atoms with Crippen LogP contribution in [-0.2, 0) is 24.8 Å². The van der Waals surface area contributed by atoms with Crippen LogP contribution in [0.2, 0.25) is 0 Å². The van der Waals surface area contributed by atoms with Gasteiger partial charge in [-0.1, -0.05) is 61.2 Å². The van der Waals surface area contributed by atoms with Crippen molar-refractivity contribution in [2.24, 2.45) is 7.05 Å². The molecule has 0 spiro atoms. The fourth-order valence-electron chi connectivity index (χ4n) is 2.84. The predicted molar refractivity (Wildman–Crippen MR) is 115 cm³/mol. The van der Waals surface area contributed by atoms with E-state index in [9.17, 15) is 4.79 Å². The van der Waals surface area contributed by atoms with Gasteiger partial charge < -0.3 is 14.6 Å². The molecule has 0 aliphatic heterocycles. The first-order chi connectivity index (χ1) is 14.1. The Bertz CT molecular complexity index is 926. The van der Waals surface area contributed by atoms with Gasteiger partial charge in [-0.25, -0.2) is 0 Å². The maximum absolute atomic E-state index is 12.1. The lowest BCUT2D eigenvalue weighted by molar-refractivity contribution is -0.118. The van der Waals surface area contributed by atoms with E-state index in [1.54, 1.807) is 0 Å². The summed E-state index contributed by atoms with van der Waals surface area (Å²) in [6.45, 7) is 4.59. The van der Waals surface area contributed by atoms with Crippen LogP contribution in [0, 0.1) is 0 Å². The molecule has 1 amide bonds. The summed E-state index contributed by atoms with van der Waals surface area (Å²) < 4.78 is 7.87. The maximum Gasteiger partial charge on any atom is 0.230 e. The molecule has 3 aromatic rings. The molecule has 29 heavy (non-hydrogen) atoms. The molecule has 152 valence electrons. The predicted octanol–water partition coefficient (Wildman–Crippen LogP) is 3.93. The SMILES string of the molecule is CCc1ccc(OC(C)c2nnc(SCC(=O)NCc3ccccc3)n2C)cc1. The van der Waals surface area contributed by atoms with E-state index in [-0.39, 0.29) is 17.8 Å². The number of carbonyl (C=O) groups excluding carboxylic acids is 1. The number of nitrogens with zero attached hydrogens (tertiary/aromatic N) is 3. The van der Waals surface area contributed by atoms with Gasteiger partial charge in [0.15, 0.2) is 17.1 Å². The Morgan fingerprint density at radius 1 is 1.10 bits per heavy atom. The summed E-state index contributed by atoms with van der Waals surface area (Å²) in [5, 5.41) is 12.1. The van der Waals surface area contributed by atoms with Gasteiger partial charge in [-0.05, 0) is 36.6 Å². The molecule has 0 fully saturated rings. The van der Waals surface area contributed by atoms with E-state index in [0.717, 1.165) is 23.6 Å². The van der Waals surface area contributed by atoms with Crippen molar-refractivity contribution in [3.63, 3.8) is 0 Å². The van der Waals surface area contributed by atoms with Crippen LogP contribution in [0.25, 0.3) is 0 Å². The second-order valence-electron chi connectivity index (χ2n) is 6.71. The average molecular weight is 411 g/mol. The third kappa shape index (κ3) is 5.84. The normalized spacial score (nSPS) is 11.8. The summed E-state index contributed by atoms with van der Waals surface area (Å²) >= 11 is 1.36. The number of carbonyl (C=O) groups is 1. The van der Waals surface area contributed by atoms with Crippen molar-refractivity contribution in [1.82, 2.24) is 20.1 Å². The van der Waals surface area contributed by atoms with Crippen molar-refractivity contribution in [2.75, 3.05) is 5.75 Å². The lowest BCUT2D eigenvalue weighted by atomic mass is 10.2. The number of rotatable bonds is 9. The number of hydrogen-bond donors (Lipinski definition) is 1. The van der Waals surface area contributed by atoms with Crippen molar-refractivity contribution in [3.05, 3.63) is 71.5 Å². The minimum absolute atomic E-state index is 0.0382. The number of thioether (sulfide) groups is 1. The average Bonchev–Trinajstić information content (AvgIpc) is 3.12. The molecule has 0 radical (unpaired) electrons. The molecular formula is C22H26N4O2S. The molecule has 0 aliphatic rings. The van der Waals surface area contributed by atoms with Gasteiger partial charge in [0.1, 0.15) is 5.75 Å². The van der Waals surface area contributed by atoms with E-state index in [1.165, 1.54) is 17.3 Å². The molecule has 6 nitrogen and oxygen atoms in total. The van der Waals surface area contributed by atoms with Gasteiger partial charge in [-0.3, -0.25) is 4.79 Å². The zero-order chi connectivity index (χ0) is 20.6. The third-order valence-electron chi connectivity index (χ3n) is 4.54. The van der Waals surface area contributed by atoms with Crippen LogP contribution < -0.4 is 10.1 Å².